The molecule has 0 atom stereocenters. The highest BCUT2D eigenvalue weighted by atomic mass is 35.5. The molecule has 5 nitrogen and oxygen atoms in total. The van der Waals surface area contributed by atoms with E-state index in [2.05, 4.69) is 27.2 Å². The number of anilines is 2. The van der Waals surface area contributed by atoms with E-state index in [1.165, 1.54) is 5.69 Å². The molecular weight excluding hydrogens is 373 g/mol. The lowest BCUT2D eigenvalue weighted by Gasteiger charge is -2.35. The number of carbonyl (C=O) groups is 1. The molecule has 26 heavy (non-hydrogen) atoms. The average Bonchev–Trinajstić information content (AvgIpc) is 2.62. The number of nitrogens with one attached hydrogen (secondary N) is 1. The van der Waals surface area contributed by atoms with Crippen LogP contribution in [0.3, 0.4) is 0 Å². The lowest BCUT2D eigenvalue weighted by Crippen LogP contribution is -3.00. The summed E-state index contributed by atoms with van der Waals surface area (Å²) in [4.78, 5) is 16.7. The Morgan fingerprint density at radius 2 is 1.81 bits per heavy atom. The van der Waals surface area contributed by atoms with E-state index in [1.807, 2.05) is 24.3 Å². The number of ether oxygens (including phenoxy) is 1. The van der Waals surface area contributed by atoms with Crippen molar-refractivity contribution in [2.75, 3.05) is 50.1 Å². The van der Waals surface area contributed by atoms with Crippen LogP contribution in [0.4, 0.5) is 11.4 Å². The summed E-state index contributed by atoms with van der Waals surface area (Å²) in [7, 11) is 1.67. The molecule has 3 rings (SSSR count). The van der Waals surface area contributed by atoms with Crippen molar-refractivity contribution in [1.82, 2.24) is 4.90 Å². The molecule has 0 radical (unpaired) electrons. The van der Waals surface area contributed by atoms with Gasteiger partial charge in [0.25, 0.3) is 0 Å². The van der Waals surface area contributed by atoms with Gasteiger partial charge in [0.15, 0.2) is 0 Å². The Morgan fingerprint density at radius 1 is 1.12 bits per heavy atom. The second-order valence-electron chi connectivity index (χ2n) is 6.02. The van der Waals surface area contributed by atoms with Crippen LogP contribution < -0.4 is 27.4 Å². The van der Waals surface area contributed by atoms with Gasteiger partial charge in [-0.05, 0) is 42.5 Å². The van der Waals surface area contributed by atoms with E-state index in [0.29, 0.717) is 11.6 Å². The summed E-state index contributed by atoms with van der Waals surface area (Å²) in [5.41, 5.74) is 1.91. The monoisotopic (exact) mass is 394 g/mol. The van der Waals surface area contributed by atoms with E-state index in [1.54, 1.807) is 19.2 Å². The van der Waals surface area contributed by atoms with E-state index in [0.717, 1.165) is 37.6 Å². The van der Waals surface area contributed by atoms with Gasteiger partial charge in [-0.2, -0.15) is 0 Å². The molecule has 1 heterocycles. The Hall–Kier alpha value is -1.95. The number of amides is 1. The molecule has 0 bridgehead atoms. The Kier molecular flexibility index (Phi) is 7.57. The van der Waals surface area contributed by atoms with Crippen LogP contribution in [-0.2, 0) is 4.79 Å². The van der Waals surface area contributed by atoms with Crippen LogP contribution in [0, 0.1) is 0 Å². The summed E-state index contributed by atoms with van der Waals surface area (Å²) in [5, 5.41) is 3.51. The molecule has 7 heteroatoms. The molecule has 0 aliphatic carbocycles. The van der Waals surface area contributed by atoms with Crippen molar-refractivity contribution in [3.05, 3.63) is 53.6 Å². The molecule has 0 spiro atoms. The maximum atomic E-state index is 12.2. The number of methoxy groups -OCH3 is 1. The molecule has 140 valence electrons. The first-order valence-corrected chi connectivity index (χ1v) is 8.68. The smallest absolute Gasteiger partial charge is 0.238 e. The highest BCUT2D eigenvalue weighted by Crippen LogP contribution is 2.20. The Balaban J connectivity index is 0.00000243. The van der Waals surface area contributed by atoms with Crippen LogP contribution in [0.2, 0.25) is 5.02 Å². The number of piperazine rings is 1. The normalized spacial score (nSPS) is 14.5. The van der Waals surface area contributed by atoms with E-state index in [4.69, 9.17) is 16.3 Å². The van der Waals surface area contributed by atoms with Gasteiger partial charge in [-0.1, -0.05) is 17.7 Å². The number of benzene rings is 2. The fourth-order valence-corrected chi connectivity index (χ4v) is 3.12. The quantitative estimate of drug-likeness (QED) is 0.781. The van der Waals surface area contributed by atoms with E-state index >= 15 is 0 Å². The summed E-state index contributed by atoms with van der Waals surface area (Å²) in [6.45, 7) is 3.90. The second-order valence-corrected chi connectivity index (χ2v) is 6.46. The summed E-state index contributed by atoms with van der Waals surface area (Å²) in [5.74, 6) is 0.847. The number of halogens is 2. The number of hydrogen-bond donors (Lipinski definition) is 1. The molecule has 1 aliphatic rings. The largest absolute Gasteiger partial charge is 1.00 e. The first-order valence-electron chi connectivity index (χ1n) is 8.31. The third kappa shape index (κ3) is 5.53. The number of carbonyl (C=O) groups excluding carboxylic acids is 1. The van der Waals surface area contributed by atoms with Crippen LogP contribution in [0.25, 0.3) is 0 Å². The average molecular weight is 395 g/mol. The van der Waals surface area contributed by atoms with Crippen molar-refractivity contribution >= 4 is 28.9 Å². The number of hydrogen-bond acceptors (Lipinski definition) is 4. The first-order chi connectivity index (χ1) is 12.1. The first kappa shape index (κ1) is 20.4. The zero-order valence-corrected chi connectivity index (χ0v) is 16.1. The molecule has 1 saturated heterocycles. The zero-order chi connectivity index (χ0) is 17.6. The molecule has 2 aromatic rings. The fraction of sp³-hybridized carbons (Fsp3) is 0.316. The van der Waals surface area contributed by atoms with Crippen molar-refractivity contribution in [1.29, 1.82) is 0 Å². The SMILES string of the molecule is COc1ccc(N2CCN(CC(=O)Nc3cccc(Cl)c3)CC2)cc1.[Cl-]. The van der Waals surface area contributed by atoms with E-state index in [-0.39, 0.29) is 18.3 Å². The van der Waals surface area contributed by atoms with Crippen molar-refractivity contribution in [3.8, 4) is 5.75 Å². The zero-order valence-electron chi connectivity index (χ0n) is 14.6. The Bertz CT molecular complexity index is 717. The van der Waals surface area contributed by atoms with Gasteiger partial charge < -0.3 is 27.4 Å². The van der Waals surface area contributed by atoms with Gasteiger partial charge in [0.05, 0.1) is 13.7 Å². The number of nitrogens with zero attached hydrogens (tertiary/aromatic N) is 2. The molecule has 1 fully saturated rings. The third-order valence-electron chi connectivity index (χ3n) is 4.29. The van der Waals surface area contributed by atoms with Gasteiger partial charge >= 0.3 is 0 Å². The second kappa shape index (κ2) is 9.67. The molecule has 0 unspecified atom stereocenters. The maximum Gasteiger partial charge on any atom is 0.238 e. The molecule has 1 amide bonds. The molecular formula is C19H22Cl2N3O2-. The number of rotatable bonds is 5. The Morgan fingerprint density at radius 3 is 2.42 bits per heavy atom. The van der Waals surface area contributed by atoms with Crippen LogP contribution in [0.15, 0.2) is 48.5 Å². The maximum absolute atomic E-state index is 12.2. The van der Waals surface area contributed by atoms with Gasteiger partial charge in [-0.15, -0.1) is 0 Å². The lowest BCUT2D eigenvalue weighted by atomic mass is 10.2. The lowest BCUT2D eigenvalue weighted by molar-refractivity contribution is -0.117. The Labute approximate surface area is 165 Å². The molecule has 1 aliphatic heterocycles. The highest BCUT2D eigenvalue weighted by molar-refractivity contribution is 6.30. The minimum atomic E-state index is -0.0137. The van der Waals surface area contributed by atoms with Gasteiger partial charge in [-0.25, -0.2) is 0 Å². The van der Waals surface area contributed by atoms with Crippen molar-refractivity contribution in [2.45, 2.75) is 0 Å². The van der Waals surface area contributed by atoms with E-state index in [9.17, 15) is 4.79 Å². The van der Waals surface area contributed by atoms with Gasteiger partial charge in [0.1, 0.15) is 5.75 Å². The predicted molar refractivity (Wildman–Crippen MR) is 102 cm³/mol. The summed E-state index contributed by atoms with van der Waals surface area (Å²) >= 11 is 5.94. The van der Waals surface area contributed by atoms with Crippen molar-refractivity contribution in [2.24, 2.45) is 0 Å². The molecule has 0 aromatic heterocycles. The fourth-order valence-electron chi connectivity index (χ4n) is 2.93. The predicted octanol–water partition coefficient (Wildman–Crippen LogP) is 0.113. The summed E-state index contributed by atoms with van der Waals surface area (Å²) in [6, 6.07) is 15.3. The van der Waals surface area contributed by atoms with Crippen molar-refractivity contribution in [3.63, 3.8) is 0 Å². The summed E-state index contributed by atoms with van der Waals surface area (Å²) in [6.07, 6.45) is 0. The molecule has 2 aromatic carbocycles. The molecule has 0 saturated carbocycles. The van der Waals surface area contributed by atoms with Crippen LogP contribution >= 0.6 is 11.6 Å². The molecule has 1 N–H and O–H groups in total. The summed E-state index contributed by atoms with van der Waals surface area (Å²) < 4.78 is 5.19. The van der Waals surface area contributed by atoms with Crippen LogP contribution in [0.1, 0.15) is 0 Å². The van der Waals surface area contributed by atoms with E-state index < -0.39 is 0 Å². The van der Waals surface area contributed by atoms with Gasteiger partial charge in [0, 0.05) is 42.6 Å². The van der Waals surface area contributed by atoms with Crippen LogP contribution in [-0.4, -0.2) is 50.6 Å². The topological polar surface area (TPSA) is 44.8 Å². The van der Waals surface area contributed by atoms with Gasteiger partial charge in [-0.3, -0.25) is 9.69 Å². The minimum Gasteiger partial charge on any atom is -1.00 e. The van der Waals surface area contributed by atoms with Crippen LogP contribution in [0.5, 0.6) is 5.75 Å². The van der Waals surface area contributed by atoms with Gasteiger partial charge in [0.2, 0.25) is 5.91 Å². The standard InChI is InChI=1S/C19H22ClN3O2.ClH/c1-25-18-7-5-17(6-8-18)23-11-9-22(10-12-23)14-19(24)21-16-4-2-3-15(20)13-16;/h2-8,13H,9-12,14H2,1H3,(H,21,24);1H/p-1. The highest BCUT2D eigenvalue weighted by Gasteiger charge is 2.19. The third-order valence-corrected chi connectivity index (χ3v) is 4.52. The van der Waals surface area contributed by atoms with Crippen molar-refractivity contribution < 1.29 is 21.9 Å². The minimum absolute atomic E-state index is 0.